The average Bonchev–Trinajstić information content (AvgIpc) is 3.25. The van der Waals surface area contributed by atoms with Gasteiger partial charge in [0.2, 0.25) is 12.3 Å². The van der Waals surface area contributed by atoms with E-state index in [2.05, 4.69) is 15.4 Å². The summed E-state index contributed by atoms with van der Waals surface area (Å²) in [6.45, 7) is 2.16. The van der Waals surface area contributed by atoms with Gasteiger partial charge < -0.3 is 25.5 Å². The molecule has 1 unspecified atom stereocenters. The summed E-state index contributed by atoms with van der Waals surface area (Å²) in [4.78, 5) is 39.1. The molecule has 3 atom stereocenters. The van der Waals surface area contributed by atoms with Crippen molar-refractivity contribution in [2.45, 2.75) is 32.3 Å². The fourth-order valence-electron chi connectivity index (χ4n) is 3.24. The summed E-state index contributed by atoms with van der Waals surface area (Å²) in [7, 11) is 1.30. The molecular formula is C21H29N5O6. The summed E-state index contributed by atoms with van der Waals surface area (Å²) in [6, 6.07) is 7.08. The highest BCUT2D eigenvalue weighted by Crippen LogP contribution is 2.20. The van der Waals surface area contributed by atoms with Crippen LogP contribution in [-0.2, 0) is 28.9 Å². The number of nitrogen functional groups attached to an aromatic ring is 1. The predicted octanol–water partition coefficient (Wildman–Crippen LogP) is 1.34. The van der Waals surface area contributed by atoms with Gasteiger partial charge in [0.1, 0.15) is 11.9 Å². The van der Waals surface area contributed by atoms with Gasteiger partial charge in [-0.3, -0.25) is 20.4 Å². The van der Waals surface area contributed by atoms with Gasteiger partial charge in [-0.05, 0) is 17.9 Å². The molecule has 0 bridgehead atoms. The number of ether oxygens (including phenoxy) is 1. The van der Waals surface area contributed by atoms with Crippen molar-refractivity contribution in [2.75, 3.05) is 20.3 Å². The minimum Gasteiger partial charge on any atom is -0.469 e. The number of rotatable bonds is 13. The maximum absolute atomic E-state index is 12.4. The Hall–Kier alpha value is -3.47. The van der Waals surface area contributed by atoms with Crippen molar-refractivity contribution in [2.24, 2.45) is 22.7 Å². The number of oxime groups is 1. The molecule has 11 heteroatoms. The summed E-state index contributed by atoms with van der Waals surface area (Å²) in [5, 5.41) is 21.0. The third-order valence-electron chi connectivity index (χ3n) is 5.16. The second-order valence-corrected chi connectivity index (χ2v) is 7.40. The molecule has 11 nitrogen and oxygen atoms in total. The first-order valence-electron chi connectivity index (χ1n) is 10.1. The van der Waals surface area contributed by atoms with Crippen molar-refractivity contribution in [1.82, 2.24) is 5.32 Å². The second-order valence-electron chi connectivity index (χ2n) is 7.40. The summed E-state index contributed by atoms with van der Waals surface area (Å²) >= 11 is 0. The monoisotopic (exact) mass is 447 g/mol. The molecule has 1 amide bonds. The van der Waals surface area contributed by atoms with E-state index in [-0.39, 0.29) is 37.2 Å². The lowest BCUT2D eigenvalue weighted by atomic mass is 9.91. The van der Waals surface area contributed by atoms with Crippen molar-refractivity contribution in [3.8, 4) is 0 Å². The SMILES string of the molecule is COC(=O)[C@H](CNC(=O)C[C@H]1CC(c2ccc(C(=N)N)cc2)=NO1)C(C)CCOOC=N. The first-order chi connectivity index (χ1) is 15.3. The number of benzene rings is 1. The maximum Gasteiger partial charge on any atom is 0.310 e. The Morgan fingerprint density at radius 1 is 1.38 bits per heavy atom. The zero-order chi connectivity index (χ0) is 23.5. The highest BCUT2D eigenvalue weighted by Gasteiger charge is 2.28. The van der Waals surface area contributed by atoms with Crippen LogP contribution in [0.3, 0.4) is 0 Å². The van der Waals surface area contributed by atoms with Crippen LogP contribution in [-0.4, -0.2) is 56.2 Å². The van der Waals surface area contributed by atoms with Crippen LogP contribution in [0.15, 0.2) is 29.4 Å². The van der Waals surface area contributed by atoms with E-state index in [0.717, 1.165) is 5.56 Å². The number of hydrogen-bond acceptors (Lipinski definition) is 9. The zero-order valence-electron chi connectivity index (χ0n) is 18.1. The summed E-state index contributed by atoms with van der Waals surface area (Å²) < 4.78 is 4.85. The lowest BCUT2D eigenvalue weighted by molar-refractivity contribution is -0.219. The van der Waals surface area contributed by atoms with Crippen LogP contribution in [0.4, 0.5) is 0 Å². The normalized spacial score (nSPS) is 16.8. The number of nitrogens with one attached hydrogen (secondary N) is 3. The van der Waals surface area contributed by atoms with Gasteiger partial charge in [0.15, 0.2) is 0 Å². The Labute approximate surface area is 186 Å². The molecule has 1 aromatic rings. The first kappa shape index (κ1) is 24.8. The van der Waals surface area contributed by atoms with Gasteiger partial charge in [-0.15, -0.1) is 0 Å². The van der Waals surface area contributed by atoms with Gasteiger partial charge in [0.05, 0.1) is 31.8 Å². The van der Waals surface area contributed by atoms with Crippen LogP contribution in [0.25, 0.3) is 0 Å². The molecule has 0 saturated carbocycles. The number of nitrogens with two attached hydrogens (primary N) is 1. The third-order valence-corrected chi connectivity index (χ3v) is 5.16. The van der Waals surface area contributed by atoms with Gasteiger partial charge >= 0.3 is 5.97 Å². The number of amidine groups is 1. The molecule has 5 N–H and O–H groups in total. The van der Waals surface area contributed by atoms with Crippen LogP contribution in [0, 0.1) is 22.7 Å². The van der Waals surface area contributed by atoms with Gasteiger partial charge in [0, 0.05) is 18.5 Å². The fraction of sp³-hybridized carbons (Fsp3) is 0.476. The van der Waals surface area contributed by atoms with Crippen molar-refractivity contribution < 1.29 is 28.9 Å². The molecule has 0 radical (unpaired) electrons. The fourth-order valence-corrected chi connectivity index (χ4v) is 3.24. The van der Waals surface area contributed by atoms with Gasteiger partial charge in [-0.25, -0.2) is 0 Å². The lowest BCUT2D eigenvalue weighted by Gasteiger charge is -2.22. The van der Waals surface area contributed by atoms with E-state index in [4.69, 9.17) is 31.0 Å². The Bertz CT molecular complexity index is 842. The molecule has 1 aromatic carbocycles. The van der Waals surface area contributed by atoms with Gasteiger partial charge in [0.25, 0.3) is 0 Å². The number of carbonyl (C=O) groups is 2. The van der Waals surface area contributed by atoms with Crippen molar-refractivity contribution in [1.29, 1.82) is 10.8 Å². The Balaban J connectivity index is 1.81. The van der Waals surface area contributed by atoms with Crippen molar-refractivity contribution >= 4 is 29.8 Å². The highest BCUT2D eigenvalue weighted by atomic mass is 17.2. The van der Waals surface area contributed by atoms with E-state index in [1.807, 2.05) is 6.92 Å². The third kappa shape index (κ3) is 7.34. The Kier molecular flexibility index (Phi) is 9.61. The lowest BCUT2D eigenvalue weighted by Crippen LogP contribution is -2.38. The van der Waals surface area contributed by atoms with E-state index in [1.54, 1.807) is 24.3 Å². The summed E-state index contributed by atoms with van der Waals surface area (Å²) in [5.74, 6) is -1.40. The quantitative estimate of drug-likeness (QED) is 0.0883. The number of amides is 1. The summed E-state index contributed by atoms with van der Waals surface area (Å²) in [5.41, 5.74) is 7.63. The van der Waals surface area contributed by atoms with E-state index < -0.39 is 18.0 Å². The predicted molar refractivity (Wildman–Crippen MR) is 116 cm³/mol. The molecule has 174 valence electrons. The molecule has 0 aromatic heterocycles. The average molecular weight is 447 g/mol. The zero-order valence-corrected chi connectivity index (χ0v) is 18.1. The van der Waals surface area contributed by atoms with E-state index in [0.29, 0.717) is 30.5 Å². The molecule has 0 saturated heterocycles. The van der Waals surface area contributed by atoms with Gasteiger partial charge in [-0.2, -0.15) is 4.89 Å². The van der Waals surface area contributed by atoms with Crippen LogP contribution >= 0.6 is 0 Å². The minimum absolute atomic E-state index is 0.0116. The number of carbonyl (C=O) groups excluding carboxylic acids is 2. The number of nitrogens with zero attached hydrogens (tertiary/aromatic N) is 1. The molecule has 0 fully saturated rings. The van der Waals surface area contributed by atoms with E-state index in [1.165, 1.54) is 7.11 Å². The number of methoxy groups -OCH3 is 1. The molecule has 0 aliphatic carbocycles. The van der Waals surface area contributed by atoms with E-state index in [9.17, 15) is 9.59 Å². The minimum atomic E-state index is -0.552. The van der Waals surface area contributed by atoms with Crippen molar-refractivity contribution in [3.05, 3.63) is 35.4 Å². The summed E-state index contributed by atoms with van der Waals surface area (Å²) in [6.07, 6.45) is 1.31. The number of esters is 1. The van der Waals surface area contributed by atoms with E-state index >= 15 is 0 Å². The molecule has 0 spiro atoms. The molecule has 1 heterocycles. The van der Waals surface area contributed by atoms with Crippen LogP contribution in [0.5, 0.6) is 0 Å². The standard InChI is InChI=1S/C21H29N5O6/c1-13(7-8-30-31-12-22)17(21(28)29-2)11-25-19(27)10-16-9-18(26-32-16)14-3-5-15(6-4-14)20(23)24/h3-6,12-13,16-17,22H,7-11H2,1-2H3,(H3,23,24)(H,25,27)/t13?,16-,17-/m1/s1. The molecule has 32 heavy (non-hydrogen) atoms. The Morgan fingerprint density at radius 2 is 2.09 bits per heavy atom. The maximum atomic E-state index is 12.4. The van der Waals surface area contributed by atoms with Crippen LogP contribution in [0.2, 0.25) is 0 Å². The van der Waals surface area contributed by atoms with Crippen LogP contribution in [0.1, 0.15) is 37.3 Å². The van der Waals surface area contributed by atoms with Crippen LogP contribution < -0.4 is 11.1 Å². The molecule has 1 aliphatic rings. The Morgan fingerprint density at radius 3 is 2.72 bits per heavy atom. The van der Waals surface area contributed by atoms with Gasteiger partial charge in [-0.1, -0.05) is 36.3 Å². The second kappa shape index (κ2) is 12.4. The molecule has 1 aliphatic heterocycles. The molecular weight excluding hydrogens is 418 g/mol. The topological polar surface area (TPSA) is 169 Å². The highest BCUT2D eigenvalue weighted by molar-refractivity contribution is 6.02. The largest absolute Gasteiger partial charge is 0.469 e. The number of hydrogen-bond donors (Lipinski definition) is 4. The smallest absolute Gasteiger partial charge is 0.310 e. The first-order valence-corrected chi connectivity index (χ1v) is 10.1. The van der Waals surface area contributed by atoms with Crippen molar-refractivity contribution in [3.63, 3.8) is 0 Å². The molecule has 2 rings (SSSR count).